The molecule has 1 aliphatic heterocycles. The minimum Gasteiger partial charge on any atom is -0.481 e. The fourth-order valence-corrected chi connectivity index (χ4v) is 2.25. The van der Waals surface area contributed by atoms with Crippen LogP contribution in [0.15, 0.2) is 0 Å². The van der Waals surface area contributed by atoms with E-state index in [1.807, 2.05) is 20.8 Å². The Kier molecular flexibility index (Phi) is 5.17. The van der Waals surface area contributed by atoms with Gasteiger partial charge in [-0.15, -0.1) is 0 Å². The molecule has 0 bridgehead atoms. The number of carbonyl (C=O) groups excluding carboxylic acids is 1. The van der Waals surface area contributed by atoms with Gasteiger partial charge in [-0.1, -0.05) is 0 Å². The number of amides is 1. The maximum atomic E-state index is 12.0. The zero-order chi connectivity index (χ0) is 14.6. The van der Waals surface area contributed by atoms with Crippen molar-refractivity contribution in [3.05, 3.63) is 0 Å². The van der Waals surface area contributed by atoms with Crippen molar-refractivity contribution in [2.75, 3.05) is 20.1 Å². The second-order valence-electron chi connectivity index (χ2n) is 5.88. The lowest BCUT2D eigenvalue weighted by Crippen LogP contribution is -2.38. The largest absolute Gasteiger partial charge is 0.481 e. The summed E-state index contributed by atoms with van der Waals surface area (Å²) in [6.45, 7) is 6.39. The number of nitrogens with one attached hydrogen (secondary N) is 1. The minimum atomic E-state index is -0.814. The summed E-state index contributed by atoms with van der Waals surface area (Å²) in [6.07, 6.45) is 0.695. The molecule has 1 fully saturated rings. The Labute approximate surface area is 114 Å². The van der Waals surface area contributed by atoms with Crippen LogP contribution in [0.1, 0.15) is 33.6 Å². The summed E-state index contributed by atoms with van der Waals surface area (Å²) in [4.78, 5) is 24.8. The molecule has 19 heavy (non-hydrogen) atoms. The molecule has 1 amide bonds. The average Bonchev–Trinajstić information content (AvgIpc) is 2.48. The zero-order valence-corrected chi connectivity index (χ0v) is 12.1. The van der Waals surface area contributed by atoms with E-state index >= 15 is 0 Å². The Morgan fingerprint density at radius 2 is 1.84 bits per heavy atom. The van der Waals surface area contributed by atoms with Gasteiger partial charge in [-0.2, -0.15) is 0 Å². The first-order valence-corrected chi connectivity index (χ1v) is 6.62. The highest BCUT2D eigenvalue weighted by Crippen LogP contribution is 2.20. The van der Waals surface area contributed by atoms with Gasteiger partial charge in [0.15, 0.2) is 0 Å². The highest BCUT2D eigenvalue weighted by atomic mass is 16.6. The van der Waals surface area contributed by atoms with Gasteiger partial charge in [0.1, 0.15) is 5.60 Å². The van der Waals surface area contributed by atoms with E-state index in [9.17, 15) is 14.7 Å². The van der Waals surface area contributed by atoms with Gasteiger partial charge in [-0.05, 0) is 40.7 Å². The molecule has 2 N–H and O–H groups in total. The van der Waals surface area contributed by atoms with Gasteiger partial charge in [0.05, 0.1) is 5.92 Å². The number of rotatable bonds is 2. The van der Waals surface area contributed by atoms with E-state index in [1.54, 1.807) is 11.9 Å². The Balaban J connectivity index is 2.66. The lowest BCUT2D eigenvalue weighted by molar-refractivity contribution is -0.142. The summed E-state index contributed by atoms with van der Waals surface area (Å²) in [5, 5.41) is 12.2. The van der Waals surface area contributed by atoms with Gasteiger partial charge in [-0.25, -0.2) is 4.79 Å². The number of carboxylic acids is 1. The Morgan fingerprint density at radius 3 is 2.32 bits per heavy atom. The summed E-state index contributed by atoms with van der Waals surface area (Å²) < 4.78 is 5.32. The van der Waals surface area contributed by atoms with Crippen molar-refractivity contribution in [2.45, 2.75) is 45.3 Å². The van der Waals surface area contributed by atoms with Crippen LogP contribution in [0.5, 0.6) is 0 Å². The third kappa shape index (κ3) is 4.70. The summed E-state index contributed by atoms with van der Waals surface area (Å²) >= 11 is 0. The third-order valence-corrected chi connectivity index (χ3v) is 3.25. The monoisotopic (exact) mass is 272 g/mol. The number of aliphatic carboxylic acids is 1. The van der Waals surface area contributed by atoms with E-state index in [1.165, 1.54) is 0 Å². The highest BCUT2D eigenvalue weighted by Gasteiger charge is 2.33. The minimum absolute atomic E-state index is 0.107. The lowest BCUT2D eigenvalue weighted by atomic mass is 9.95. The lowest BCUT2D eigenvalue weighted by Gasteiger charge is -2.26. The van der Waals surface area contributed by atoms with Crippen LogP contribution in [0.3, 0.4) is 0 Å². The van der Waals surface area contributed by atoms with Crippen LogP contribution in [-0.4, -0.2) is 53.8 Å². The predicted molar refractivity (Wildman–Crippen MR) is 71.0 cm³/mol. The summed E-state index contributed by atoms with van der Waals surface area (Å²) in [5.41, 5.74) is -0.530. The first-order chi connectivity index (χ1) is 8.74. The van der Waals surface area contributed by atoms with Crippen molar-refractivity contribution in [1.29, 1.82) is 0 Å². The Bertz CT molecular complexity index is 338. The number of ether oxygens (including phenoxy) is 1. The van der Waals surface area contributed by atoms with Gasteiger partial charge in [0, 0.05) is 19.1 Å². The van der Waals surface area contributed by atoms with Crippen molar-refractivity contribution >= 4 is 12.1 Å². The number of carbonyl (C=O) groups is 2. The number of likely N-dealkylation sites (tertiary alicyclic amines) is 1. The van der Waals surface area contributed by atoms with Crippen LogP contribution in [-0.2, 0) is 9.53 Å². The Morgan fingerprint density at radius 1 is 1.26 bits per heavy atom. The number of nitrogens with zero attached hydrogens (tertiary/aromatic N) is 1. The smallest absolute Gasteiger partial charge is 0.410 e. The van der Waals surface area contributed by atoms with Crippen molar-refractivity contribution < 1.29 is 19.4 Å². The van der Waals surface area contributed by atoms with Gasteiger partial charge >= 0.3 is 12.1 Å². The molecule has 0 aliphatic carbocycles. The fourth-order valence-electron chi connectivity index (χ4n) is 2.25. The Hall–Kier alpha value is -1.30. The summed E-state index contributed by atoms with van der Waals surface area (Å²) in [6, 6.07) is -0.107. The standard InChI is InChI=1S/C13H24N2O4/c1-13(2,3)19-12(18)15-7-5-9(11(16)17)10(14-4)6-8-15/h9-10,14H,5-8H2,1-4H3,(H,16,17). The molecule has 2 unspecified atom stereocenters. The predicted octanol–water partition coefficient (Wildman–Crippen LogP) is 1.31. The zero-order valence-electron chi connectivity index (χ0n) is 12.1. The molecule has 1 heterocycles. The molecule has 0 spiro atoms. The molecule has 110 valence electrons. The average molecular weight is 272 g/mol. The molecule has 1 aliphatic rings. The van der Waals surface area contributed by atoms with Crippen LogP contribution in [0.25, 0.3) is 0 Å². The van der Waals surface area contributed by atoms with Crippen LogP contribution < -0.4 is 5.32 Å². The SMILES string of the molecule is CNC1CCN(C(=O)OC(C)(C)C)CCC1C(=O)O. The van der Waals surface area contributed by atoms with Crippen LogP contribution in [0.2, 0.25) is 0 Å². The fraction of sp³-hybridized carbons (Fsp3) is 0.846. The normalized spacial score (nSPS) is 24.7. The van der Waals surface area contributed by atoms with Gasteiger partial charge in [0.2, 0.25) is 0 Å². The maximum Gasteiger partial charge on any atom is 0.410 e. The number of carboxylic acid groups (broad SMARTS) is 1. The number of hydrogen-bond donors (Lipinski definition) is 2. The molecular formula is C13H24N2O4. The van der Waals surface area contributed by atoms with Crippen LogP contribution >= 0.6 is 0 Å². The molecule has 6 nitrogen and oxygen atoms in total. The molecule has 0 radical (unpaired) electrons. The quantitative estimate of drug-likeness (QED) is 0.792. The van der Waals surface area contributed by atoms with E-state index in [4.69, 9.17) is 4.74 Å². The van der Waals surface area contributed by atoms with Crippen molar-refractivity contribution in [2.24, 2.45) is 5.92 Å². The topological polar surface area (TPSA) is 78.9 Å². The summed E-state index contributed by atoms with van der Waals surface area (Å²) in [5.74, 6) is -1.28. The molecule has 2 atom stereocenters. The molecule has 0 aromatic rings. The first kappa shape index (κ1) is 15.8. The van der Waals surface area contributed by atoms with Crippen molar-refractivity contribution in [3.63, 3.8) is 0 Å². The summed E-state index contributed by atoms with van der Waals surface area (Å²) in [7, 11) is 1.75. The molecule has 0 saturated carbocycles. The van der Waals surface area contributed by atoms with Gasteiger partial charge in [-0.3, -0.25) is 4.79 Å². The number of hydrogen-bond acceptors (Lipinski definition) is 4. The van der Waals surface area contributed by atoms with Gasteiger partial charge < -0.3 is 20.1 Å². The molecule has 1 rings (SSSR count). The molecule has 6 heteroatoms. The van der Waals surface area contributed by atoms with E-state index in [0.717, 1.165) is 0 Å². The second kappa shape index (κ2) is 6.23. The molecule has 1 saturated heterocycles. The third-order valence-electron chi connectivity index (χ3n) is 3.25. The van der Waals surface area contributed by atoms with E-state index in [0.29, 0.717) is 25.9 Å². The van der Waals surface area contributed by atoms with Crippen LogP contribution in [0.4, 0.5) is 4.79 Å². The molecule has 0 aromatic carbocycles. The van der Waals surface area contributed by atoms with E-state index in [-0.39, 0.29) is 12.1 Å². The van der Waals surface area contributed by atoms with E-state index < -0.39 is 17.5 Å². The first-order valence-electron chi connectivity index (χ1n) is 6.62. The van der Waals surface area contributed by atoms with Gasteiger partial charge in [0.25, 0.3) is 0 Å². The highest BCUT2D eigenvalue weighted by molar-refractivity contribution is 5.72. The van der Waals surface area contributed by atoms with Crippen molar-refractivity contribution in [1.82, 2.24) is 10.2 Å². The van der Waals surface area contributed by atoms with Crippen molar-refractivity contribution in [3.8, 4) is 0 Å². The molecule has 0 aromatic heterocycles. The maximum absolute atomic E-state index is 12.0. The second-order valence-corrected chi connectivity index (χ2v) is 5.88. The van der Waals surface area contributed by atoms with Crippen LogP contribution in [0, 0.1) is 5.92 Å². The van der Waals surface area contributed by atoms with E-state index in [2.05, 4.69) is 5.32 Å². The molecular weight excluding hydrogens is 248 g/mol.